The fraction of sp³-hybridized carbons (Fsp3) is 0.435. The zero-order valence-corrected chi connectivity index (χ0v) is 17.7. The molecule has 0 N–H and O–H groups in total. The van der Waals surface area contributed by atoms with Crippen LogP contribution in [0.4, 0.5) is 5.69 Å². The van der Waals surface area contributed by atoms with Gasteiger partial charge in [0.1, 0.15) is 0 Å². The molecule has 0 aliphatic carbocycles. The maximum absolute atomic E-state index is 13.2. The number of carbonyl (C=O) groups is 1. The molecule has 1 amide bonds. The van der Waals surface area contributed by atoms with Crippen molar-refractivity contribution in [2.75, 3.05) is 24.5 Å². The summed E-state index contributed by atoms with van der Waals surface area (Å²) in [6, 6.07) is 15.7. The fourth-order valence-corrected chi connectivity index (χ4v) is 6.13. The number of benzene rings is 2. The first kappa shape index (κ1) is 20.1. The van der Waals surface area contributed by atoms with Gasteiger partial charge in [-0.15, -0.1) is 0 Å². The Bertz CT molecular complexity index is 980. The fourth-order valence-electron chi connectivity index (χ4n) is 4.45. The molecule has 5 nitrogen and oxygen atoms in total. The summed E-state index contributed by atoms with van der Waals surface area (Å²) in [5.41, 5.74) is 2.82. The highest BCUT2D eigenvalue weighted by Crippen LogP contribution is 2.30. The van der Waals surface area contributed by atoms with E-state index in [1.54, 1.807) is 21.3 Å². The first-order valence-corrected chi connectivity index (χ1v) is 11.8. The van der Waals surface area contributed by atoms with Gasteiger partial charge in [0.2, 0.25) is 15.9 Å². The van der Waals surface area contributed by atoms with Crippen molar-refractivity contribution >= 4 is 21.6 Å². The molecule has 0 atom stereocenters. The summed E-state index contributed by atoms with van der Waals surface area (Å²) in [7, 11) is -3.51. The van der Waals surface area contributed by atoms with Gasteiger partial charge in [0, 0.05) is 31.7 Å². The number of hydrogen-bond acceptors (Lipinski definition) is 3. The van der Waals surface area contributed by atoms with Gasteiger partial charge in [0.25, 0.3) is 0 Å². The van der Waals surface area contributed by atoms with Gasteiger partial charge in [-0.1, -0.05) is 30.3 Å². The minimum atomic E-state index is -3.51. The molecule has 2 aliphatic heterocycles. The van der Waals surface area contributed by atoms with Crippen molar-refractivity contribution in [3.63, 3.8) is 0 Å². The average Bonchev–Trinajstić information content (AvgIpc) is 3.15. The van der Waals surface area contributed by atoms with Crippen molar-refractivity contribution < 1.29 is 13.2 Å². The Morgan fingerprint density at radius 2 is 1.72 bits per heavy atom. The molecule has 2 saturated heterocycles. The Kier molecular flexibility index (Phi) is 5.74. The van der Waals surface area contributed by atoms with Gasteiger partial charge < -0.3 is 4.90 Å². The first-order valence-electron chi connectivity index (χ1n) is 10.4. The predicted octanol–water partition coefficient (Wildman–Crippen LogP) is 3.77. The highest BCUT2D eigenvalue weighted by Gasteiger charge is 2.31. The smallest absolute Gasteiger partial charge is 0.243 e. The lowest BCUT2D eigenvalue weighted by atomic mass is 9.91. The number of aryl methyl sites for hydroxylation is 1. The van der Waals surface area contributed by atoms with Crippen molar-refractivity contribution in [3.8, 4) is 0 Å². The van der Waals surface area contributed by atoms with Crippen LogP contribution in [-0.2, 0) is 21.2 Å². The van der Waals surface area contributed by atoms with Crippen molar-refractivity contribution in [1.29, 1.82) is 0 Å². The van der Waals surface area contributed by atoms with Gasteiger partial charge in [0.15, 0.2) is 0 Å². The summed E-state index contributed by atoms with van der Waals surface area (Å²) in [6.07, 6.45) is 4.19. The minimum absolute atomic E-state index is 0.112. The molecule has 2 fully saturated rings. The molecule has 0 saturated carbocycles. The van der Waals surface area contributed by atoms with E-state index in [9.17, 15) is 13.2 Å². The normalized spacial score (nSPS) is 19.1. The quantitative estimate of drug-likeness (QED) is 0.751. The van der Waals surface area contributed by atoms with Gasteiger partial charge in [-0.3, -0.25) is 4.79 Å². The van der Waals surface area contributed by atoms with Gasteiger partial charge in [-0.25, -0.2) is 8.42 Å². The molecule has 0 radical (unpaired) electrons. The van der Waals surface area contributed by atoms with E-state index in [2.05, 4.69) is 24.3 Å². The summed E-state index contributed by atoms with van der Waals surface area (Å²) in [5, 5.41) is 0. The summed E-state index contributed by atoms with van der Waals surface area (Å²) in [4.78, 5) is 14.1. The van der Waals surface area contributed by atoms with Crippen LogP contribution < -0.4 is 4.90 Å². The molecule has 0 aromatic heterocycles. The third-order valence-corrected chi connectivity index (χ3v) is 8.16. The average molecular weight is 413 g/mol. The third-order valence-electron chi connectivity index (χ3n) is 6.10. The van der Waals surface area contributed by atoms with Crippen LogP contribution in [0.25, 0.3) is 0 Å². The van der Waals surface area contributed by atoms with Crippen LogP contribution in [-0.4, -0.2) is 38.3 Å². The predicted molar refractivity (Wildman–Crippen MR) is 114 cm³/mol. The molecular weight excluding hydrogens is 384 g/mol. The number of nitrogens with zero attached hydrogens (tertiary/aromatic N) is 2. The lowest BCUT2D eigenvalue weighted by molar-refractivity contribution is -0.117. The second-order valence-corrected chi connectivity index (χ2v) is 10.0. The number of piperidine rings is 1. The molecule has 6 heteroatoms. The van der Waals surface area contributed by atoms with Crippen molar-refractivity contribution in [3.05, 3.63) is 59.7 Å². The molecule has 0 spiro atoms. The molecule has 0 unspecified atom stereocenters. The Hall–Kier alpha value is -2.18. The largest absolute Gasteiger partial charge is 0.312 e. The maximum atomic E-state index is 13.2. The molecule has 0 bridgehead atoms. The topological polar surface area (TPSA) is 57.7 Å². The van der Waals surface area contributed by atoms with E-state index in [1.807, 2.05) is 19.1 Å². The van der Waals surface area contributed by atoms with Crippen LogP contribution in [0.2, 0.25) is 0 Å². The number of carbonyl (C=O) groups excluding carboxylic acids is 1. The van der Waals surface area contributed by atoms with Gasteiger partial charge in [-0.05, 0) is 67.9 Å². The Labute approximate surface area is 173 Å². The Balaban J connectivity index is 1.44. The van der Waals surface area contributed by atoms with Crippen LogP contribution >= 0.6 is 0 Å². The minimum Gasteiger partial charge on any atom is -0.312 e. The van der Waals surface area contributed by atoms with E-state index < -0.39 is 10.0 Å². The second kappa shape index (κ2) is 8.28. The van der Waals surface area contributed by atoms with E-state index in [0.29, 0.717) is 42.4 Å². The van der Waals surface area contributed by atoms with E-state index in [-0.39, 0.29) is 5.91 Å². The summed E-state index contributed by atoms with van der Waals surface area (Å²) < 4.78 is 28.1. The third kappa shape index (κ3) is 4.23. The van der Waals surface area contributed by atoms with Crippen LogP contribution in [0, 0.1) is 12.8 Å². The van der Waals surface area contributed by atoms with Crippen molar-refractivity contribution in [1.82, 2.24) is 4.31 Å². The van der Waals surface area contributed by atoms with Crippen LogP contribution in [0.3, 0.4) is 0 Å². The van der Waals surface area contributed by atoms with E-state index in [4.69, 9.17) is 0 Å². The zero-order chi connectivity index (χ0) is 20.4. The highest BCUT2D eigenvalue weighted by molar-refractivity contribution is 7.89. The standard InChI is InChI=1S/C23H28N2O3S/c1-18-16-21(25-13-5-8-23(25)26)9-10-22(18)29(27,28)24-14-11-20(12-15-24)17-19-6-3-2-4-7-19/h2-4,6-7,9-10,16,20H,5,8,11-15,17H2,1H3. The highest BCUT2D eigenvalue weighted by atomic mass is 32.2. The van der Waals surface area contributed by atoms with Gasteiger partial charge in [0.05, 0.1) is 4.90 Å². The number of rotatable bonds is 5. The van der Waals surface area contributed by atoms with E-state index >= 15 is 0 Å². The molecule has 2 aliphatic rings. The van der Waals surface area contributed by atoms with Gasteiger partial charge in [-0.2, -0.15) is 4.31 Å². The first-order chi connectivity index (χ1) is 13.9. The lowest BCUT2D eigenvalue weighted by Crippen LogP contribution is -2.39. The zero-order valence-electron chi connectivity index (χ0n) is 16.9. The Morgan fingerprint density at radius 1 is 1.00 bits per heavy atom. The SMILES string of the molecule is Cc1cc(N2CCCC2=O)ccc1S(=O)(=O)N1CCC(Cc2ccccc2)CC1. The van der Waals surface area contributed by atoms with Crippen molar-refractivity contribution in [2.24, 2.45) is 5.92 Å². The molecule has 2 aromatic carbocycles. The summed E-state index contributed by atoms with van der Waals surface area (Å²) in [6.45, 7) is 3.65. The number of anilines is 1. The van der Waals surface area contributed by atoms with Crippen LogP contribution in [0.15, 0.2) is 53.4 Å². The molecule has 154 valence electrons. The van der Waals surface area contributed by atoms with E-state index in [0.717, 1.165) is 31.4 Å². The second-order valence-electron chi connectivity index (χ2n) is 8.14. The van der Waals surface area contributed by atoms with E-state index in [1.165, 1.54) is 5.56 Å². The monoisotopic (exact) mass is 412 g/mol. The van der Waals surface area contributed by atoms with Crippen LogP contribution in [0.5, 0.6) is 0 Å². The Morgan fingerprint density at radius 3 is 2.34 bits per heavy atom. The maximum Gasteiger partial charge on any atom is 0.243 e. The van der Waals surface area contributed by atoms with Gasteiger partial charge >= 0.3 is 0 Å². The van der Waals surface area contributed by atoms with Crippen LogP contribution in [0.1, 0.15) is 36.8 Å². The number of amides is 1. The molecule has 2 aromatic rings. The summed E-state index contributed by atoms with van der Waals surface area (Å²) >= 11 is 0. The molecule has 4 rings (SSSR count). The lowest BCUT2D eigenvalue weighted by Gasteiger charge is -2.31. The number of sulfonamides is 1. The molecule has 2 heterocycles. The molecular formula is C23H28N2O3S. The summed E-state index contributed by atoms with van der Waals surface area (Å²) in [5.74, 6) is 0.633. The molecule has 29 heavy (non-hydrogen) atoms. The van der Waals surface area contributed by atoms with Crippen molar-refractivity contribution in [2.45, 2.75) is 43.9 Å². The number of hydrogen-bond donors (Lipinski definition) is 0.